The van der Waals surface area contributed by atoms with E-state index >= 15 is 0 Å². The Bertz CT molecular complexity index is 502. The molecule has 0 N–H and O–H groups in total. The lowest BCUT2D eigenvalue weighted by Crippen LogP contribution is -1.87. The van der Waals surface area contributed by atoms with Gasteiger partial charge in [0.2, 0.25) is 0 Å². The molecule has 0 fully saturated rings. The Labute approximate surface area is 94.0 Å². The van der Waals surface area contributed by atoms with Crippen molar-refractivity contribution in [2.45, 2.75) is 20.3 Å². The summed E-state index contributed by atoms with van der Waals surface area (Å²) in [7, 11) is 0. The quantitative estimate of drug-likeness (QED) is 0.789. The molecular weight excluding hydrogens is 202 g/mol. The molecule has 0 unspecified atom stereocenters. The van der Waals surface area contributed by atoms with Gasteiger partial charge >= 0.3 is 0 Å². The highest BCUT2D eigenvalue weighted by atomic mass is 16.5. The topological polar surface area (TPSA) is 51.8 Å². The molecule has 0 saturated heterocycles. The van der Waals surface area contributed by atoms with Crippen molar-refractivity contribution >= 4 is 12.2 Å². The zero-order valence-corrected chi connectivity index (χ0v) is 9.34. The average molecular weight is 215 g/mol. The molecule has 4 nitrogen and oxygen atoms in total. The maximum atomic E-state index is 4.92. The first-order valence-electron chi connectivity index (χ1n) is 5.19. The largest absolute Gasteiger partial charge is 0.364 e. The number of rotatable bonds is 3. The molecule has 0 bridgehead atoms. The van der Waals surface area contributed by atoms with Crippen molar-refractivity contribution in [2.24, 2.45) is 0 Å². The fourth-order valence-corrected chi connectivity index (χ4v) is 1.42. The standard InChI is InChI=1S/C12H13N3O/c1-3-11-10(7-16-15-11)4-5-12-9(2)6-13-8-14-12/h4-8H,3H2,1-2H3/b5-4+. The van der Waals surface area contributed by atoms with Gasteiger partial charge in [-0.25, -0.2) is 9.97 Å². The van der Waals surface area contributed by atoms with Crippen LogP contribution in [0.15, 0.2) is 23.3 Å². The highest BCUT2D eigenvalue weighted by Crippen LogP contribution is 2.12. The molecule has 2 rings (SSSR count). The first kappa shape index (κ1) is 10.5. The van der Waals surface area contributed by atoms with E-state index in [0.717, 1.165) is 28.9 Å². The minimum atomic E-state index is 0.860. The summed E-state index contributed by atoms with van der Waals surface area (Å²) in [6.07, 6.45) is 9.75. The Kier molecular flexibility index (Phi) is 3.10. The Morgan fingerprint density at radius 2 is 2.25 bits per heavy atom. The summed E-state index contributed by atoms with van der Waals surface area (Å²) in [6, 6.07) is 0. The summed E-state index contributed by atoms with van der Waals surface area (Å²) >= 11 is 0. The zero-order chi connectivity index (χ0) is 11.4. The van der Waals surface area contributed by atoms with Gasteiger partial charge in [0, 0.05) is 11.8 Å². The predicted octanol–water partition coefficient (Wildman–Crippen LogP) is 2.51. The Morgan fingerprint density at radius 1 is 1.38 bits per heavy atom. The van der Waals surface area contributed by atoms with E-state index < -0.39 is 0 Å². The Morgan fingerprint density at radius 3 is 3.00 bits per heavy atom. The van der Waals surface area contributed by atoms with Gasteiger partial charge in [-0.15, -0.1) is 0 Å². The van der Waals surface area contributed by atoms with E-state index in [9.17, 15) is 0 Å². The van der Waals surface area contributed by atoms with Crippen molar-refractivity contribution in [1.82, 2.24) is 15.1 Å². The van der Waals surface area contributed by atoms with E-state index in [4.69, 9.17) is 4.52 Å². The minimum Gasteiger partial charge on any atom is -0.364 e. The molecule has 0 aliphatic heterocycles. The highest BCUT2D eigenvalue weighted by Gasteiger charge is 2.02. The molecule has 2 aromatic rings. The van der Waals surface area contributed by atoms with Crippen molar-refractivity contribution in [3.05, 3.63) is 41.3 Å². The van der Waals surface area contributed by atoms with Gasteiger partial charge in [-0.3, -0.25) is 0 Å². The van der Waals surface area contributed by atoms with Crippen LogP contribution in [0.2, 0.25) is 0 Å². The van der Waals surface area contributed by atoms with E-state index in [1.807, 2.05) is 26.0 Å². The van der Waals surface area contributed by atoms with Gasteiger partial charge in [-0.2, -0.15) is 0 Å². The third-order valence-corrected chi connectivity index (χ3v) is 2.37. The van der Waals surface area contributed by atoms with Crippen molar-refractivity contribution in [3.63, 3.8) is 0 Å². The number of hydrogen-bond donors (Lipinski definition) is 0. The van der Waals surface area contributed by atoms with E-state index in [2.05, 4.69) is 15.1 Å². The SMILES string of the molecule is CCc1nocc1/C=C/c1ncncc1C. The second-order valence-corrected chi connectivity index (χ2v) is 3.49. The molecule has 0 aromatic carbocycles. The van der Waals surface area contributed by atoms with Crippen molar-refractivity contribution in [3.8, 4) is 0 Å². The molecule has 0 aliphatic rings. The van der Waals surface area contributed by atoms with Crippen LogP contribution in [0.25, 0.3) is 12.2 Å². The summed E-state index contributed by atoms with van der Waals surface area (Å²) in [4.78, 5) is 8.13. The van der Waals surface area contributed by atoms with Crippen LogP contribution in [0.5, 0.6) is 0 Å². The molecule has 4 heteroatoms. The minimum absolute atomic E-state index is 0.860. The third-order valence-electron chi connectivity index (χ3n) is 2.37. The van der Waals surface area contributed by atoms with E-state index in [0.29, 0.717) is 0 Å². The maximum Gasteiger partial charge on any atom is 0.131 e. The number of hydrogen-bond acceptors (Lipinski definition) is 4. The maximum absolute atomic E-state index is 4.92. The van der Waals surface area contributed by atoms with Gasteiger partial charge < -0.3 is 4.52 Å². The Balaban J connectivity index is 2.25. The van der Waals surface area contributed by atoms with Crippen LogP contribution in [0.3, 0.4) is 0 Å². The summed E-state index contributed by atoms with van der Waals surface area (Å²) in [5.74, 6) is 0. The van der Waals surface area contributed by atoms with Crippen LogP contribution in [0, 0.1) is 6.92 Å². The lowest BCUT2D eigenvalue weighted by Gasteiger charge is -1.96. The summed E-state index contributed by atoms with van der Waals surface area (Å²) in [6.45, 7) is 4.03. The fraction of sp³-hybridized carbons (Fsp3) is 0.250. The third kappa shape index (κ3) is 2.16. The normalized spacial score (nSPS) is 11.1. The molecule has 0 aliphatic carbocycles. The molecule has 0 radical (unpaired) electrons. The van der Waals surface area contributed by atoms with Gasteiger partial charge in [0.05, 0.1) is 11.4 Å². The van der Waals surface area contributed by atoms with Gasteiger partial charge in [0.15, 0.2) is 0 Å². The van der Waals surface area contributed by atoms with Crippen LogP contribution in [0.4, 0.5) is 0 Å². The van der Waals surface area contributed by atoms with E-state index in [1.165, 1.54) is 0 Å². The second-order valence-electron chi connectivity index (χ2n) is 3.49. The average Bonchev–Trinajstić information content (AvgIpc) is 2.75. The van der Waals surface area contributed by atoms with Crippen LogP contribution in [0.1, 0.15) is 29.4 Å². The monoisotopic (exact) mass is 215 g/mol. The second kappa shape index (κ2) is 4.70. The lowest BCUT2D eigenvalue weighted by atomic mass is 10.1. The van der Waals surface area contributed by atoms with Crippen LogP contribution >= 0.6 is 0 Å². The predicted molar refractivity (Wildman–Crippen MR) is 61.6 cm³/mol. The number of aromatic nitrogens is 3. The highest BCUT2D eigenvalue weighted by molar-refractivity contribution is 5.69. The Hall–Kier alpha value is -1.97. The summed E-state index contributed by atoms with van der Waals surface area (Å²) in [5.41, 5.74) is 3.93. The molecule has 82 valence electrons. The molecule has 16 heavy (non-hydrogen) atoms. The molecule has 0 spiro atoms. The number of aryl methyl sites for hydroxylation is 2. The molecular formula is C12H13N3O. The first-order valence-corrected chi connectivity index (χ1v) is 5.19. The van der Waals surface area contributed by atoms with Crippen molar-refractivity contribution < 1.29 is 4.52 Å². The molecule has 0 atom stereocenters. The van der Waals surface area contributed by atoms with Crippen LogP contribution in [-0.2, 0) is 6.42 Å². The zero-order valence-electron chi connectivity index (χ0n) is 9.34. The van der Waals surface area contributed by atoms with E-state index in [1.54, 1.807) is 18.8 Å². The molecule has 2 heterocycles. The van der Waals surface area contributed by atoms with Crippen molar-refractivity contribution in [1.29, 1.82) is 0 Å². The molecule has 0 amide bonds. The molecule has 0 saturated carbocycles. The van der Waals surface area contributed by atoms with Gasteiger partial charge in [-0.1, -0.05) is 12.1 Å². The smallest absolute Gasteiger partial charge is 0.131 e. The van der Waals surface area contributed by atoms with E-state index in [-0.39, 0.29) is 0 Å². The van der Waals surface area contributed by atoms with Crippen LogP contribution < -0.4 is 0 Å². The van der Waals surface area contributed by atoms with Crippen molar-refractivity contribution in [2.75, 3.05) is 0 Å². The summed E-state index contributed by atoms with van der Waals surface area (Å²) in [5, 5.41) is 3.91. The fourth-order valence-electron chi connectivity index (χ4n) is 1.42. The number of nitrogens with zero attached hydrogens (tertiary/aromatic N) is 3. The molecule has 2 aromatic heterocycles. The van der Waals surface area contributed by atoms with Gasteiger partial charge in [-0.05, 0) is 31.1 Å². The lowest BCUT2D eigenvalue weighted by molar-refractivity contribution is 0.412. The first-order chi connectivity index (χ1) is 7.81. The van der Waals surface area contributed by atoms with Gasteiger partial charge in [0.25, 0.3) is 0 Å². The summed E-state index contributed by atoms with van der Waals surface area (Å²) < 4.78 is 4.92. The van der Waals surface area contributed by atoms with Crippen LogP contribution in [-0.4, -0.2) is 15.1 Å². The van der Waals surface area contributed by atoms with Gasteiger partial charge in [0.1, 0.15) is 12.6 Å².